The molecule has 0 fully saturated rings. The standard InChI is InChI=1S/C9H9N3O2.C9H6N2S3/c1-14-9(13)12-8-10-6-4-2-3-5-7(6)11-8;10-5-12-6-13-9-11-7-3-1-2-4-8(7)14-9/h2-5H,1H3,(H2,10,11,12,13);1-4H,6H2. The van der Waals surface area contributed by atoms with Gasteiger partial charge in [-0.1, -0.05) is 36.0 Å². The van der Waals surface area contributed by atoms with E-state index in [4.69, 9.17) is 5.26 Å². The van der Waals surface area contributed by atoms with E-state index in [1.54, 1.807) is 23.1 Å². The highest BCUT2D eigenvalue weighted by Crippen LogP contribution is 2.30. The summed E-state index contributed by atoms with van der Waals surface area (Å²) in [7, 11) is 1.30. The van der Waals surface area contributed by atoms with Gasteiger partial charge in [0.1, 0.15) is 5.40 Å². The minimum atomic E-state index is -0.538. The van der Waals surface area contributed by atoms with Crippen molar-refractivity contribution in [2.24, 2.45) is 0 Å². The number of carbonyl (C=O) groups is 1. The summed E-state index contributed by atoms with van der Waals surface area (Å²) in [5.41, 5.74) is 2.72. The van der Waals surface area contributed by atoms with Crippen LogP contribution in [0.15, 0.2) is 52.9 Å². The van der Waals surface area contributed by atoms with E-state index in [0.29, 0.717) is 5.95 Å². The van der Waals surface area contributed by atoms with E-state index in [2.05, 4.69) is 31.1 Å². The number of thiocyanates is 1. The number of H-pyrrole nitrogens is 1. The third kappa shape index (κ3) is 5.39. The molecule has 0 bridgehead atoms. The monoisotopic (exact) mass is 429 g/mol. The maximum Gasteiger partial charge on any atom is 0.413 e. The van der Waals surface area contributed by atoms with Crippen LogP contribution in [0.2, 0.25) is 0 Å². The fourth-order valence-corrected chi connectivity index (χ4v) is 4.83. The fraction of sp³-hybridized carbons (Fsp3) is 0.111. The molecular formula is C18H15N5O2S3. The minimum Gasteiger partial charge on any atom is -0.453 e. The lowest BCUT2D eigenvalue weighted by atomic mass is 10.3. The van der Waals surface area contributed by atoms with Crippen molar-refractivity contribution in [3.63, 3.8) is 0 Å². The first-order valence-corrected chi connectivity index (χ1v) is 10.8. The average molecular weight is 430 g/mol. The quantitative estimate of drug-likeness (QED) is 0.196. The van der Waals surface area contributed by atoms with Gasteiger partial charge in [-0.2, -0.15) is 5.26 Å². The van der Waals surface area contributed by atoms with Crippen molar-refractivity contribution in [2.45, 2.75) is 4.34 Å². The molecule has 0 aliphatic rings. The number of para-hydroxylation sites is 3. The number of ether oxygens (including phenoxy) is 1. The molecule has 2 aromatic heterocycles. The molecule has 0 atom stereocenters. The smallest absolute Gasteiger partial charge is 0.413 e. The Bertz CT molecular complexity index is 1050. The van der Waals surface area contributed by atoms with Gasteiger partial charge in [0.2, 0.25) is 5.95 Å². The van der Waals surface area contributed by atoms with Gasteiger partial charge in [0.25, 0.3) is 0 Å². The van der Waals surface area contributed by atoms with Crippen LogP contribution >= 0.6 is 34.9 Å². The number of hydrogen-bond donors (Lipinski definition) is 2. The van der Waals surface area contributed by atoms with Crippen LogP contribution in [0, 0.1) is 10.7 Å². The summed E-state index contributed by atoms with van der Waals surface area (Å²) in [4.78, 5) is 22.4. The SMILES string of the molecule is COC(=O)Nc1nc2ccccc2[nH]1.N#CSCSc1nc2ccccc2s1. The van der Waals surface area contributed by atoms with E-state index in [0.717, 1.165) is 26.0 Å². The number of nitrogens with one attached hydrogen (secondary N) is 2. The molecule has 0 saturated heterocycles. The number of thioether (sulfide) groups is 2. The Kier molecular flexibility index (Phi) is 7.13. The molecule has 0 radical (unpaired) electrons. The van der Waals surface area contributed by atoms with Crippen molar-refractivity contribution < 1.29 is 9.53 Å². The summed E-state index contributed by atoms with van der Waals surface area (Å²) >= 11 is 4.54. The highest BCUT2D eigenvalue weighted by molar-refractivity contribution is 8.18. The highest BCUT2D eigenvalue weighted by atomic mass is 32.2. The van der Waals surface area contributed by atoms with Gasteiger partial charge in [0, 0.05) is 0 Å². The number of amides is 1. The Hall–Kier alpha value is -2.74. The van der Waals surface area contributed by atoms with Gasteiger partial charge in [-0.05, 0) is 36.0 Å². The van der Waals surface area contributed by atoms with Crippen LogP contribution < -0.4 is 5.32 Å². The largest absolute Gasteiger partial charge is 0.453 e. The van der Waals surface area contributed by atoms with Gasteiger partial charge >= 0.3 is 6.09 Å². The Labute approximate surface area is 173 Å². The third-order valence-corrected chi connectivity index (χ3v) is 6.22. The summed E-state index contributed by atoms with van der Waals surface area (Å²) in [6.45, 7) is 0. The van der Waals surface area contributed by atoms with E-state index >= 15 is 0 Å². The van der Waals surface area contributed by atoms with E-state index in [9.17, 15) is 4.79 Å². The second-order valence-corrected chi connectivity index (χ2v) is 8.54. The Morgan fingerprint density at radius 2 is 1.96 bits per heavy atom. The lowest BCUT2D eigenvalue weighted by Crippen LogP contribution is -2.11. The molecule has 2 aromatic carbocycles. The maximum absolute atomic E-state index is 10.9. The molecular weight excluding hydrogens is 414 g/mol. The Morgan fingerprint density at radius 1 is 1.21 bits per heavy atom. The summed E-state index contributed by atoms with van der Waals surface area (Å²) < 4.78 is 6.68. The van der Waals surface area contributed by atoms with Gasteiger partial charge in [-0.3, -0.25) is 5.32 Å². The van der Waals surface area contributed by atoms with E-state index in [-0.39, 0.29) is 0 Å². The van der Waals surface area contributed by atoms with E-state index < -0.39 is 6.09 Å². The van der Waals surface area contributed by atoms with Crippen LogP contribution in [0.5, 0.6) is 0 Å². The van der Waals surface area contributed by atoms with Crippen LogP contribution in [0.1, 0.15) is 0 Å². The van der Waals surface area contributed by atoms with Gasteiger partial charge in [-0.15, -0.1) is 11.3 Å². The summed E-state index contributed by atoms with van der Waals surface area (Å²) in [5.74, 6) is 0.387. The molecule has 0 unspecified atom stereocenters. The average Bonchev–Trinajstić information content (AvgIpc) is 3.31. The topological polar surface area (TPSA) is 104 Å². The lowest BCUT2D eigenvalue weighted by molar-refractivity contribution is 0.186. The molecule has 28 heavy (non-hydrogen) atoms. The van der Waals surface area contributed by atoms with Crippen LogP contribution in [0.25, 0.3) is 21.3 Å². The van der Waals surface area contributed by atoms with Crippen LogP contribution in [0.3, 0.4) is 0 Å². The second-order valence-electron chi connectivity index (χ2n) is 5.16. The van der Waals surface area contributed by atoms with Crippen LogP contribution in [-0.2, 0) is 4.74 Å². The fourth-order valence-electron chi connectivity index (χ4n) is 2.18. The van der Waals surface area contributed by atoms with Gasteiger partial charge in [0.05, 0.1) is 33.4 Å². The highest BCUT2D eigenvalue weighted by Gasteiger charge is 2.05. The number of imidazole rings is 1. The number of carbonyl (C=O) groups excluding carboxylic acids is 1. The molecule has 10 heteroatoms. The van der Waals surface area contributed by atoms with E-state index in [1.807, 2.05) is 47.9 Å². The molecule has 7 nitrogen and oxygen atoms in total. The number of benzene rings is 2. The van der Waals surface area contributed by atoms with Crippen molar-refractivity contribution in [3.8, 4) is 5.40 Å². The number of hydrogen-bond acceptors (Lipinski definition) is 8. The van der Waals surface area contributed by atoms with Crippen molar-refractivity contribution >= 4 is 68.2 Å². The zero-order valence-electron chi connectivity index (χ0n) is 14.7. The molecule has 0 spiro atoms. The third-order valence-electron chi connectivity index (χ3n) is 3.38. The second kappa shape index (κ2) is 9.98. The predicted octanol–water partition coefficient (Wildman–Crippen LogP) is 5.30. The van der Waals surface area contributed by atoms with Crippen molar-refractivity contribution in [3.05, 3.63) is 48.5 Å². The molecule has 0 aliphatic carbocycles. The molecule has 4 aromatic rings. The lowest BCUT2D eigenvalue weighted by Gasteiger charge is -1.96. The summed E-state index contributed by atoms with van der Waals surface area (Å²) in [5, 5.41) is 13.6. The van der Waals surface area contributed by atoms with Crippen molar-refractivity contribution in [1.29, 1.82) is 5.26 Å². The first-order chi connectivity index (χ1) is 13.7. The van der Waals surface area contributed by atoms with Gasteiger partial charge in [-0.25, -0.2) is 14.8 Å². The molecule has 2 N–H and O–H groups in total. The zero-order chi connectivity index (χ0) is 19.8. The summed E-state index contributed by atoms with van der Waals surface area (Å²) in [6, 6.07) is 15.6. The number of aromatic nitrogens is 3. The Balaban J connectivity index is 0.000000161. The maximum atomic E-state index is 10.9. The number of fused-ring (bicyclic) bond motifs is 2. The summed E-state index contributed by atoms with van der Waals surface area (Å²) in [6.07, 6.45) is -0.538. The molecule has 2 heterocycles. The molecule has 0 saturated carbocycles. The molecule has 142 valence electrons. The molecule has 1 amide bonds. The van der Waals surface area contributed by atoms with E-state index in [1.165, 1.54) is 23.6 Å². The van der Waals surface area contributed by atoms with Crippen molar-refractivity contribution in [1.82, 2.24) is 15.0 Å². The number of nitriles is 1. The first-order valence-electron chi connectivity index (χ1n) is 7.98. The number of anilines is 1. The number of aromatic amines is 1. The molecule has 0 aliphatic heterocycles. The normalized spacial score (nSPS) is 10.1. The number of nitrogens with zero attached hydrogens (tertiary/aromatic N) is 3. The van der Waals surface area contributed by atoms with Gasteiger partial charge in [0.15, 0.2) is 4.34 Å². The minimum absolute atomic E-state index is 0.387. The number of thiazole rings is 1. The zero-order valence-corrected chi connectivity index (χ0v) is 17.2. The Morgan fingerprint density at radius 3 is 2.68 bits per heavy atom. The number of methoxy groups -OCH3 is 1. The van der Waals surface area contributed by atoms with Crippen LogP contribution in [0.4, 0.5) is 10.7 Å². The predicted molar refractivity (Wildman–Crippen MR) is 116 cm³/mol. The molecule has 4 rings (SSSR count). The van der Waals surface area contributed by atoms with Gasteiger partial charge < -0.3 is 9.72 Å². The number of rotatable bonds is 4. The first kappa shape index (κ1) is 20.0. The van der Waals surface area contributed by atoms with Crippen molar-refractivity contribution in [2.75, 3.05) is 17.5 Å². The van der Waals surface area contributed by atoms with Crippen LogP contribution in [-0.4, -0.2) is 33.2 Å².